The van der Waals surface area contributed by atoms with E-state index < -0.39 is 35.2 Å². The van der Waals surface area contributed by atoms with Crippen LogP contribution in [0.3, 0.4) is 0 Å². The Labute approximate surface area is 234 Å². The number of carbonyl (C=O) groups excluding carboxylic acids is 1. The molecule has 0 spiro atoms. The minimum atomic E-state index is -4.56. The second kappa shape index (κ2) is 12.2. The standard InChI is InChI=1S/C31H31F7N2O/c1-20(2)15-40(29(41)21-10-12-26(32)13-11-21)18-24-17-39(16-23-6-3-4-9-28(23)31(36,37)38)19-27(24)22-7-5-8-25(14-22)30(33,34)35/h3-14,20,24,27H,15-19H2,1-2H3/t24-,27-/m1/s1. The zero-order chi connectivity index (χ0) is 29.9. The molecule has 3 nitrogen and oxygen atoms in total. The monoisotopic (exact) mass is 580 g/mol. The number of hydrogen-bond donors (Lipinski definition) is 0. The predicted octanol–water partition coefficient (Wildman–Crippen LogP) is 7.88. The van der Waals surface area contributed by atoms with Crippen molar-refractivity contribution < 1.29 is 35.5 Å². The SMILES string of the molecule is CC(C)CN(C[C@H]1CN(Cc2ccccc2C(F)(F)F)C[C@@H]1c1cccc(C(F)(F)F)c1)C(=O)c1ccc(F)cc1. The van der Waals surface area contributed by atoms with Crippen molar-refractivity contribution in [3.05, 3.63) is 106 Å². The van der Waals surface area contributed by atoms with E-state index in [0.29, 0.717) is 12.1 Å². The molecule has 0 bridgehead atoms. The molecule has 3 aromatic carbocycles. The molecule has 220 valence electrons. The van der Waals surface area contributed by atoms with Crippen molar-refractivity contribution in [1.82, 2.24) is 9.80 Å². The number of halogens is 7. The number of benzene rings is 3. The normalized spacial score (nSPS) is 18.2. The highest BCUT2D eigenvalue weighted by atomic mass is 19.4. The number of rotatable bonds is 8. The average Bonchev–Trinajstić information content (AvgIpc) is 3.29. The number of alkyl halides is 6. The van der Waals surface area contributed by atoms with E-state index in [2.05, 4.69) is 0 Å². The average molecular weight is 581 g/mol. The van der Waals surface area contributed by atoms with Crippen LogP contribution in [0.4, 0.5) is 30.7 Å². The largest absolute Gasteiger partial charge is 0.416 e. The maximum atomic E-state index is 13.7. The van der Waals surface area contributed by atoms with Crippen LogP contribution in [0.15, 0.2) is 72.8 Å². The lowest BCUT2D eigenvalue weighted by Gasteiger charge is -2.30. The predicted molar refractivity (Wildman–Crippen MR) is 142 cm³/mol. The molecule has 4 rings (SSSR count). The second-order valence-corrected chi connectivity index (χ2v) is 10.9. The first kappa shape index (κ1) is 30.6. The van der Waals surface area contributed by atoms with Crippen LogP contribution in [0.1, 0.15) is 52.4 Å². The molecule has 0 unspecified atom stereocenters. The van der Waals surface area contributed by atoms with E-state index in [1.807, 2.05) is 13.8 Å². The zero-order valence-electron chi connectivity index (χ0n) is 22.6. The van der Waals surface area contributed by atoms with Gasteiger partial charge in [0.05, 0.1) is 11.1 Å². The van der Waals surface area contributed by atoms with Crippen molar-refractivity contribution in [2.45, 2.75) is 38.7 Å². The summed E-state index contributed by atoms with van der Waals surface area (Å²) in [5.74, 6) is -1.61. The van der Waals surface area contributed by atoms with Gasteiger partial charge in [-0.3, -0.25) is 9.69 Å². The Balaban J connectivity index is 1.67. The summed E-state index contributed by atoms with van der Waals surface area (Å²) in [6.07, 6.45) is -9.11. The van der Waals surface area contributed by atoms with Crippen molar-refractivity contribution in [3.63, 3.8) is 0 Å². The lowest BCUT2D eigenvalue weighted by Crippen LogP contribution is -2.39. The Bertz CT molecular complexity index is 1340. The summed E-state index contributed by atoms with van der Waals surface area (Å²) in [4.78, 5) is 16.9. The van der Waals surface area contributed by atoms with Crippen LogP contribution in [-0.2, 0) is 18.9 Å². The molecule has 2 atom stereocenters. The zero-order valence-corrected chi connectivity index (χ0v) is 22.6. The van der Waals surface area contributed by atoms with Gasteiger partial charge in [0.25, 0.3) is 5.91 Å². The quantitative estimate of drug-likeness (QED) is 0.253. The van der Waals surface area contributed by atoms with Gasteiger partial charge in [0.1, 0.15) is 5.82 Å². The molecule has 10 heteroatoms. The highest BCUT2D eigenvalue weighted by molar-refractivity contribution is 5.94. The topological polar surface area (TPSA) is 23.6 Å². The van der Waals surface area contributed by atoms with Crippen LogP contribution in [0.5, 0.6) is 0 Å². The smallest absolute Gasteiger partial charge is 0.338 e. The van der Waals surface area contributed by atoms with Gasteiger partial charge in [-0.2, -0.15) is 26.3 Å². The number of nitrogens with zero attached hydrogens (tertiary/aromatic N) is 2. The highest BCUT2D eigenvalue weighted by Gasteiger charge is 2.39. The highest BCUT2D eigenvalue weighted by Crippen LogP contribution is 2.39. The fraction of sp³-hybridized carbons (Fsp3) is 0.387. The number of amides is 1. The lowest BCUT2D eigenvalue weighted by molar-refractivity contribution is -0.139. The third-order valence-corrected chi connectivity index (χ3v) is 7.29. The summed E-state index contributed by atoms with van der Waals surface area (Å²) >= 11 is 0. The van der Waals surface area contributed by atoms with Crippen molar-refractivity contribution in [3.8, 4) is 0 Å². The maximum Gasteiger partial charge on any atom is 0.416 e. The summed E-state index contributed by atoms with van der Waals surface area (Å²) in [6.45, 7) is 4.81. The molecule has 3 aromatic rings. The van der Waals surface area contributed by atoms with E-state index >= 15 is 0 Å². The van der Waals surface area contributed by atoms with Crippen LogP contribution in [-0.4, -0.2) is 41.9 Å². The van der Waals surface area contributed by atoms with Gasteiger partial charge in [-0.05, 0) is 59.4 Å². The summed E-state index contributed by atoms with van der Waals surface area (Å²) in [5, 5.41) is 0. The second-order valence-electron chi connectivity index (χ2n) is 10.9. The Morgan fingerprint density at radius 2 is 1.59 bits per heavy atom. The van der Waals surface area contributed by atoms with Crippen molar-refractivity contribution in [2.75, 3.05) is 26.2 Å². The molecule has 0 aromatic heterocycles. The first-order chi connectivity index (χ1) is 19.2. The van der Waals surface area contributed by atoms with Crippen molar-refractivity contribution in [2.24, 2.45) is 11.8 Å². The lowest BCUT2D eigenvalue weighted by atomic mass is 9.87. The van der Waals surface area contributed by atoms with Crippen LogP contribution in [0.25, 0.3) is 0 Å². The van der Waals surface area contributed by atoms with Gasteiger partial charge in [-0.25, -0.2) is 4.39 Å². The summed E-state index contributed by atoms with van der Waals surface area (Å²) in [5.41, 5.74) is -0.806. The molecule has 1 aliphatic heterocycles. The molecule has 0 saturated carbocycles. The van der Waals surface area contributed by atoms with Gasteiger partial charge >= 0.3 is 12.4 Å². The van der Waals surface area contributed by atoms with Crippen LogP contribution < -0.4 is 0 Å². The van der Waals surface area contributed by atoms with E-state index in [0.717, 1.165) is 18.2 Å². The maximum absolute atomic E-state index is 13.7. The Morgan fingerprint density at radius 3 is 2.22 bits per heavy atom. The first-order valence-corrected chi connectivity index (χ1v) is 13.3. The number of likely N-dealkylation sites (tertiary alicyclic amines) is 1. The Kier molecular flexibility index (Phi) is 9.11. The molecule has 1 saturated heterocycles. The third-order valence-electron chi connectivity index (χ3n) is 7.29. The van der Waals surface area contributed by atoms with Gasteiger partial charge in [-0.1, -0.05) is 50.2 Å². The summed E-state index contributed by atoms with van der Waals surface area (Å²) in [7, 11) is 0. The molecule has 0 radical (unpaired) electrons. The van der Waals surface area contributed by atoms with E-state index in [1.165, 1.54) is 48.5 Å². The fourth-order valence-electron chi connectivity index (χ4n) is 5.51. The number of hydrogen-bond acceptors (Lipinski definition) is 2. The third kappa shape index (κ3) is 7.67. The molecule has 41 heavy (non-hydrogen) atoms. The minimum Gasteiger partial charge on any atom is -0.338 e. The van der Waals surface area contributed by atoms with Gasteiger partial charge in [0.2, 0.25) is 0 Å². The minimum absolute atomic E-state index is 0.0439. The molecule has 1 aliphatic rings. The molecule has 1 fully saturated rings. The Hall–Kier alpha value is -3.40. The molecule has 1 amide bonds. The van der Waals surface area contributed by atoms with E-state index in [4.69, 9.17) is 0 Å². The van der Waals surface area contributed by atoms with Gasteiger partial charge in [-0.15, -0.1) is 0 Å². The summed E-state index contributed by atoms with van der Waals surface area (Å²) < 4.78 is 95.2. The molecular formula is C31H31F7N2O. The van der Waals surface area contributed by atoms with E-state index in [1.54, 1.807) is 15.9 Å². The van der Waals surface area contributed by atoms with Gasteiger partial charge in [0, 0.05) is 44.2 Å². The molecule has 0 N–H and O–H groups in total. The first-order valence-electron chi connectivity index (χ1n) is 13.3. The van der Waals surface area contributed by atoms with Crippen LogP contribution in [0, 0.1) is 17.7 Å². The van der Waals surface area contributed by atoms with Gasteiger partial charge < -0.3 is 4.90 Å². The van der Waals surface area contributed by atoms with E-state index in [9.17, 15) is 35.5 Å². The fourth-order valence-corrected chi connectivity index (χ4v) is 5.51. The van der Waals surface area contributed by atoms with Crippen LogP contribution >= 0.6 is 0 Å². The molecule has 1 heterocycles. The Morgan fingerprint density at radius 1 is 0.902 bits per heavy atom. The molecular weight excluding hydrogens is 549 g/mol. The van der Waals surface area contributed by atoms with Crippen molar-refractivity contribution in [1.29, 1.82) is 0 Å². The van der Waals surface area contributed by atoms with Crippen molar-refractivity contribution >= 4 is 5.91 Å². The summed E-state index contributed by atoms with van der Waals surface area (Å²) in [6, 6.07) is 15.4. The van der Waals surface area contributed by atoms with E-state index in [-0.39, 0.29) is 55.0 Å². The van der Waals surface area contributed by atoms with Gasteiger partial charge in [0.15, 0.2) is 0 Å². The number of carbonyl (C=O) groups is 1. The molecule has 0 aliphatic carbocycles. The van der Waals surface area contributed by atoms with Crippen LogP contribution in [0.2, 0.25) is 0 Å².